The zero-order chi connectivity index (χ0) is 6.08. The van der Waals surface area contributed by atoms with Crippen LogP contribution in [-0.4, -0.2) is 5.91 Å². The summed E-state index contributed by atoms with van der Waals surface area (Å²) in [4.78, 5) is 10.4. The third-order valence-corrected chi connectivity index (χ3v) is 0.837. The zero-order valence-electron chi connectivity index (χ0n) is 5.12. The van der Waals surface area contributed by atoms with Gasteiger partial charge in [-0.25, -0.2) is 4.79 Å². The molecule has 2 heteroatoms. The Morgan fingerprint density at radius 1 is 1.43 bits per heavy atom. The Kier molecular flexibility index (Phi) is 1.53. The number of carbonyl (C=O) groups is 1. The highest BCUT2D eigenvalue weighted by atomic mass is 16.1. The van der Waals surface area contributed by atoms with Gasteiger partial charge in [-0.15, -0.1) is 0 Å². The van der Waals surface area contributed by atoms with Gasteiger partial charge in [-0.05, 0) is 20.8 Å². The Morgan fingerprint density at radius 3 is 1.57 bits per heavy atom. The lowest BCUT2D eigenvalue weighted by Gasteiger charge is -2.06. The molecule has 0 aromatic heterocycles. The highest BCUT2D eigenvalue weighted by Crippen LogP contribution is 2.08. The summed E-state index contributed by atoms with van der Waals surface area (Å²) >= 11 is 0. The van der Waals surface area contributed by atoms with Gasteiger partial charge in [-0.3, -0.25) is 5.73 Å². The van der Waals surface area contributed by atoms with Crippen LogP contribution in [0.1, 0.15) is 20.8 Å². The molecular formula is C5H12NO+. The SMILES string of the molecule is CC(C)(C)C([NH3+])=O. The van der Waals surface area contributed by atoms with Gasteiger partial charge in [-0.1, -0.05) is 0 Å². The molecule has 0 heterocycles. The minimum atomic E-state index is -0.250. The van der Waals surface area contributed by atoms with Crippen LogP contribution in [0.25, 0.3) is 0 Å². The van der Waals surface area contributed by atoms with Crippen LogP contribution in [0.3, 0.4) is 0 Å². The first-order valence-corrected chi connectivity index (χ1v) is 2.31. The van der Waals surface area contributed by atoms with Crippen molar-refractivity contribution in [2.45, 2.75) is 20.8 Å². The standard InChI is InChI=1S/C5H11NO/c1-5(2,3)4(6)7/h1-3H3,(H2,6,7)/p+1. The summed E-state index contributed by atoms with van der Waals surface area (Å²) in [7, 11) is 0. The summed E-state index contributed by atoms with van der Waals surface area (Å²) in [5.41, 5.74) is 3.02. The Balaban J connectivity index is 3.79. The van der Waals surface area contributed by atoms with Crippen molar-refractivity contribution >= 4 is 5.91 Å². The maximum Gasteiger partial charge on any atom is 0.314 e. The van der Waals surface area contributed by atoms with E-state index in [-0.39, 0.29) is 11.3 Å². The molecular weight excluding hydrogens is 90.1 g/mol. The summed E-state index contributed by atoms with van der Waals surface area (Å²) in [6, 6.07) is 0. The molecule has 0 atom stereocenters. The average molecular weight is 102 g/mol. The third kappa shape index (κ3) is 2.34. The smallest absolute Gasteiger partial charge is 0.294 e. The van der Waals surface area contributed by atoms with Crippen LogP contribution < -0.4 is 5.73 Å². The van der Waals surface area contributed by atoms with Gasteiger partial charge in [0.05, 0.1) is 5.41 Å². The van der Waals surface area contributed by atoms with E-state index >= 15 is 0 Å². The van der Waals surface area contributed by atoms with Crippen LogP contribution in [0.5, 0.6) is 0 Å². The maximum absolute atomic E-state index is 10.4. The molecule has 0 unspecified atom stereocenters. The predicted molar refractivity (Wildman–Crippen MR) is 27.4 cm³/mol. The van der Waals surface area contributed by atoms with Crippen LogP contribution >= 0.6 is 0 Å². The Hall–Kier alpha value is -0.370. The zero-order valence-corrected chi connectivity index (χ0v) is 5.12. The van der Waals surface area contributed by atoms with Gasteiger partial charge >= 0.3 is 5.91 Å². The van der Waals surface area contributed by atoms with E-state index in [1.165, 1.54) is 0 Å². The molecule has 0 bridgehead atoms. The molecule has 7 heavy (non-hydrogen) atoms. The maximum atomic E-state index is 10.4. The van der Waals surface area contributed by atoms with Crippen molar-refractivity contribution in [3.05, 3.63) is 0 Å². The van der Waals surface area contributed by atoms with E-state index in [1.54, 1.807) is 0 Å². The summed E-state index contributed by atoms with van der Waals surface area (Å²) in [5, 5.41) is 0. The summed E-state index contributed by atoms with van der Waals surface area (Å²) in [5.74, 6) is -0.00694. The van der Waals surface area contributed by atoms with Crippen molar-refractivity contribution in [2.24, 2.45) is 5.41 Å². The number of rotatable bonds is 0. The summed E-state index contributed by atoms with van der Waals surface area (Å²) in [6.45, 7) is 5.55. The number of carbonyl (C=O) groups excluding carboxylic acids is 1. The molecule has 0 saturated heterocycles. The molecule has 0 aromatic rings. The average Bonchev–Trinajstić information content (AvgIpc) is 1.31. The molecule has 2 nitrogen and oxygen atoms in total. The first-order chi connectivity index (χ1) is 2.94. The second kappa shape index (κ2) is 1.62. The molecule has 0 fully saturated rings. The van der Waals surface area contributed by atoms with Crippen molar-refractivity contribution in [1.29, 1.82) is 0 Å². The van der Waals surface area contributed by atoms with Crippen LogP contribution in [0.4, 0.5) is 0 Å². The number of quaternary nitrogens is 1. The number of hydrogen-bond acceptors (Lipinski definition) is 1. The number of amides is 1. The van der Waals surface area contributed by atoms with E-state index in [4.69, 9.17) is 0 Å². The second-order valence-electron chi connectivity index (χ2n) is 2.67. The molecule has 0 aromatic carbocycles. The van der Waals surface area contributed by atoms with E-state index in [2.05, 4.69) is 5.73 Å². The highest BCUT2D eigenvalue weighted by molar-refractivity contribution is 5.70. The van der Waals surface area contributed by atoms with Crippen molar-refractivity contribution in [3.63, 3.8) is 0 Å². The van der Waals surface area contributed by atoms with Crippen molar-refractivity contribution in [2.75, 3.05) is 0 Å². The van der Waals surface area contributed by atoms with E-state index in [0.29, 0.717) is 0 Å². The minimum absolute atomic E-state index is 0.00694. The van der Waals surface area contributed by atoms with E-state index in [9.17, 15) is 4.79 Å². The largest absolute Gasteiger partial charge is 0.314 e. The van der Waals surface area contributed by atoms with Crippen molar-refractivity contribution in [1.82, 2.24) is 0 Å². The Labute approximate surface area is 43.7 Å². The molecule has 0 aliphatic rings. The topological polar surface area (TPSA) is 44.7 Å². The first-order valence-electron chi connectivity index (χ1n) is 2.31. The van der Waals surface area contributed by atoms with Crippen molar-refractivity contribution in [3.8, 4) is 0 Å². The molecule has 3 N–H and O–H groups in total. The lowest BCUT2D eigenvalue weighted by atomic mass is 9.96. The van der Waals surface area contributed by atoms with E-state index in [1.807, 2.05) is 20.8 Å². The van der Waals surface area contributed by atoms with Crippen LogP contribution in [0.15, 0.2) is 0 Å². The lowest BCUT2D eigenvalue weighted by Crippen LogP contribution is -2.62. The lowest BCUT2D eigenvalue weighted by molar-refractivity contribution is -0.316. The van der Waals surface area contributed by atoms with Gasteiger partial charge in [0.25, 0.3) is 0 Å². The minimum Gasteiger partial charge on any atom is -0.294 e. The van der Waals surface area contributed by atoms with E-state index in [0.717, 1.165) is 0 Å². The fourth-order valence-electron chi connectivity index (χ4n) is 0. The summed E-state index contributed by atoms with van der Waals surface area (Å²) in [6.07, 6.45) is 0. The molecule has 42 valence electrons. The predicted octanol–water partition coefficient (Wildman–Crippen LogP) is -0.199. The monoisotopic (exact) mass is 102 g/mol. The molecule has 0 saturated carbocycles. The van der Waals surface area contributed by atoms with Crippen LogP contribution in [-0.2, 0) is 4.79 Å². The Morgan fingerprint density at radius 2 is 1.57 bits per heavy atom. The highest BCUT2D eigenvalue weighted by Gasteiger charge is 2.20. The molecule has 0 aliphatic heterocycles. The second-order valence-corrected chi connectivity index (χ2v) is 2.67. The summed E-state index contributed by atoms with van der Waals surface area (Å²) < 4.78 is 0. The first kappa shape index (κ1) is 6.63. The van der Waals surface area contributed by atoms with Gasteiger partial charge in [-0.2, -0.15) is 0 Å². The van der Waals surface area contributed by atoms with Gasteiger partial charge in [0.15, 0.2) is 0 Å². The molecule has 1 amide bonds. The Bertz CT molecular complexity index is 80.6. The fraction of sp³-hybridized carbons (Fsp3) is 0.800. The number of hydrogen-bond donors (Lipinski definition) is 1. The van der Waals surface area contributed by atoms with Crippen LogP contribution in [0, 0.1) is 5.41 Å². The van der Waals surface area contributed by atoms with Gasteiger partial charge in [0.1, 0.15) is 0 Å². The van der Waals surface area contributed by atoms with Gasteiger partial charge in [0, 0.05) is 0 Å². The normalized spacial score (nSPS) is 11.4. The van der Waals surface area contributed by atoms with Crippen LogP contribution in [0.2, 0.25) is 0 Å². The molecule has 0 radical (unpaired) electrons. The fourth-order valence-corrected chi connectivity index (χ4v) is 0. The van der Waals surface area contributed by atoms with Crippen molar-refractivity contribution < 1.29 is 10.5 Å². The van der Waals surface area contributed by atoms with Gasteiger partial charge in [0.2, 0.25) is 0 Å². The molecule has 0 spiro atoms. The van der Waals surface area contributed by atoms with Gasteiger partial charge < -0.3 is 0 Å². The quantitative estimate of drug-likeness (QED) is 0.452. The molecule has 0 rings (SSSR count). The molecule has 0 aliphatic carbocycles. The van der Waals surface area contributed by atoms with E-state index < -0.39 is 0 Å². The third-order valence-electron chi connectivity index (χ3n) is 0.837.